The zero-order chi connectivity index (χ0) is 20.5. The van der Waals surface area contributed by atoms with Crippen molar-refractivity contribution < 1.29 is 13.6 Å². The van der Waals surface area contributed by atoms with Gasteiger partial charge in [-0.15, -0.1) is 11.3 Å². The van der Waals surface area contributed by atoms with Crippen molar-refractivity contribution in [3.8, 4) is 11.3 Å². The molecular formula is C20H19BrF2N4OS. The lowest BCUT2D eigenvalue weighted by Crippen LogP contribution is -2.41. The fraction of sp³-hybridized carbons (Fsp3) is 0.300. The highest BCUT2D eigenvalue weighted by atomic mass is 79.9. The van der Waals surface area contributed by atoms with Crippen LogP contribution >= 0.6 is 27.3 Å². The van der Waals surface area contributed by atoms with Gasteiger partial charge in [0.05, 0.1) is 21.2 Å². The van der Waals surface area contributed by atoms with Crippen LogP contribution in [0.15, 0.2) is 34.9 Å². The van der Waals surface area contributed by atoms with E-state index in [-0.39, 0.29) is 24.4 Å². The Hall–Kier alpha value is -2.10. The molecule has 0 saturated heterocycles. The second kappa shape index (κ2) is 8.33. The highest BCUT2D eigenvalue weighted by molar-refractivity contribution is 9.10. The fourth-order valence-electron chi connectivity index (χ4n) is 3.54. The monoisotopic (exact) mass is 480 g/mol. The van der Waals surface area contributed by atoms with E-state index in [2.05, 4.69) is 26.3 Å². The van der Waals surface area contributed by atoms with Crippen molar-refractivity contribution in [2.24, 2.45) is 5.73 Å². The predicted octanol–water partition coefficient (Wildman–Crippen LogP) is 3.90. The highest BCUT2D eigenvalue weighted by Crippen LogP contribution is 2.38. The standard InChI is InChI=1S/C20H19BrF2N4OS/c21-14-10-25-27-6-2-5-16-13(19(14)27)8-17(29-16)20(28)26-12(9-24)7-11-3-1-4-15(22)18(11)23/h1,3-4,8,10,12H,2,5-7,9,24H2,(H,26,28). The molecule has 1 atom stereocenters. The van der Waals surface area contributed by atoms with Crippen molar-refractivity contribution in [2.75, 3.05) is 6.54 Å². The van der Waals surface area contributed by atoms with Crippen LogP contribution in [0, 0.1) is 11.6 Å². The van der Waals surface area contributed by atoms with Crippen LogP contribution in [0.2, 0.25) is 0 Å². The Morgan fingerprint density at radius 2 is 2.24 bits per heavy atom. The number of halogens is 3. The van der Waals surface area contributed by atoms with Crippen molar-refractivity contribution in [3.05, 3.63) is 61.9 Å². The highest BCUT2D eigenvalue weighted by Gasteiger charge is 2.24. The summed E-state index contributed by atoms with van der Waals surface area (Å²) in [5.41, 5.74) is 7.95. The second-order valence-electron chi connectivity index (χ2n) is 6.94. The topological polar surface area (TPSA) is 72.9 Å². The van der Waals surface area contributed by atoms with Gasteiger partial charge in [0.25, 0.3) is 5.91 Å². The van der Waals surface area contributed by atoms with Crippen LogP contribution in [-0.2, 0) is 19.4 Å². The number of nitrogens with two attached hydrogens (primary N) is 1. The summed E-state index contributed by atoms with van der Waals surface area (Å²) in [5, 5.41) is 7.24. The van der Waals surface area contributed by atoms with E-state index in [4.69, 9.17) is 5.73 Å². The number of fused-ring (bicyclic) bond motifs is 3. The van der Waals surface area contributed by atoms with Crippen LogP contribution < -0.4 is 11.1 Å². The lowest BCUT2D eigenvalue weighted by atomic mass is 10.0. The summed E-state index contributed by atoms with van der Waals surface area (Å²) in [5.74, 6) is -2.08. The van der Waals surface area contributed by atoms with Gasteiger partial charge in [0, 0.05) is 29.6 Å². The molecule has 3 aromatic rings. The lowest BCUT2D eigenvalue weighted by Gasteiger charge is -2.17. The van der Waals surface area contributed by atoms with Crippen molar-refractivity contribution in [3.63, 3.8) is 0 Å². The molecule has 3 heterocycles. The minimum Gasteiger partial charge on any atom is -0.347 e. The Morgan fingerprint density at radius 1 is 1.41 bits per heavy atom. The molecule has 29 heavy (non-hydrogen) atoms. The molecule has 152 valence electrons. The maximum atomic E-state index is 14.0. The minimum atomic E-state index is -0.909. The maximum absolute atomic E-state index is 14.0. The Morgan fingerprint density at radius 3 is 3.03 bits per heavy atom. The number of benzene rings is 1. The second-order valence-corrected chi connectivity index (χ2v) is 8.93. The predicted molar refractivity (Wildman–Crippen MR) is 112 cm³/mol. The van der Waals surface area contributed by atoms with E-state index >= 15 is 0 Å². The number of carbonyl (C=O) groups is 1. The van der Waals surface area contributed by atoms with Crippen LogP contribution in [0.3, 0.4) is 0 Å². The van der Waals surface area contributed by atoms with Gasteiger partial charge in [0.15, 0.2) is 11.6 Å². The van der Waals surface area contributed by atoms with Crippen molar-refractivity contribution in [2.45, 2.75) is 31.8 Å². The fourth-order valence-corrected chi connectivity index (χ4v) is 5.15. The summed E-state index contributed by atoms with van der Waals surface area (Å²) in [7, 11) is 0. The molecular weight excluding hydrogens is 462 g/mol. The van der Waals surface area contributed by atoms with Crippen LogP contribution in [0.4, 0.5) is 8.78 Å². The number of rotatable bonds is 5. The van der Waals surface area contributed by atoms with Gasteiger partial charge in [-0.05, 0) is 52.9 Å². The molecule has 1 unspecified atom stereocenters. The Labute approximate surface area is 179 Å². The van der Waals surface area contributed by atoms with E-state index in [9.17, 15) is 13.6 Å². The molecule has 0 bridgehead atoms. The molecule has 0 saturated carbocycles. The lowest BCUT2D eigenvalue weighted by molar-refractivity contribution is 0.0942. The van der Waals surface area contributed by atoms with Gasteiger partial charge >= 0.3 is 0 Å². The number of hydrogen-bond donors (Lipinski definition) is 2. The van der Waals surface area contributed by atoms with Gasteiger partial charge in [0.1, 0.15) is 0 Å². The van der Waals surface area contributed by atoms with Gasteiger partial charge in [-0.1, -0.05) is 12.1 Å². The van der Waals surface area contributed by atoms with Gasteiger partial charge < -0.3 is 11.1 Å². The SMILES string of the molecule is NCC(Cc1cccc(F)c1F)NC(=O)c1cc2c(s1)CCCn1ncc(Br)c1-2. The van der Waals surface area contributed by atoms with Gasteiger partial charge in [0.2, 0.25) is 0 Å². The number of aromatic nitrogens is 2. The molecule has 5 nitrogen and oxygen atoms in total. The van der Waals surface area contributed by atoms with E-state index in [1.165, 1.54) is 23.5 Å². The van der Waals surface area contributed by atoms with E-state index in [0.717, 1.165) is 46.1 Å². The first-order valence-corrected chi connectivity index (χ1v) is 10.9. The van der Waals surface area contributed by atoms with Crippen molar-refractivity contribution in [1.29, 1.82) is 0 Å². The number of amides is 1. The van der Waals surface area contributed by atoms with Crippen LogP contribution in [0.25, 0.3) is 11.3 Å². The normalized spacial score (nSPS) is 14.1. The van der Waals surface area contributed by atoms with Crippen LogP contribution in [0.1, 0.15) is 26.5 Å². The van der Waals surface area contributed by atoms with Crippen LogP contribution in [-0.4, -0.2) is 28.3 Å². The average molecular weight is 481 g/mol. The van der Waals surface area contributed by atoms with Crippen molar-refractivity contribution in [1.82, 2.24) is 15.1 Å². The van der Waals surface area contributed by atoms with E-state index in [1.807, 2.05) is 10.7 Å². The minimum absolute atomic E-state index is 0.116. The molecule has 0 radical (unpaired) electrons. The number of nitrogens with zero attached hydrogens (tertiary/aromatic N) is 2. The third kappa shape index (κ3) is 3.99. The molecule has 1 aliphatic rings. The zero-order valence-electron chi connectivity index (χ0n) is 15.4. The Balaban J connectivity index is 1.55. The smallest absolute Gasteiger partial charge is 0.261 e. The van der Waals surface area contributed by atoms with E-state index < -0.39 is 17.7 Å². The summed E-state index contributed by atoms with van der Waals surface area (Å²) >= 11 is 4.99. The quantitative estimate of drug-likeness (QED) is 0.581. The molecule has 0 spiro atoms. The summed E-state index contributed by atoms with van der Waals surface area (Å²) < 4.78 is 30.2. The van der Waals surface area contributed by atoms with Gasteiger partial charge in [-0.3, -0.25) is 9.48 Å². The molecule has 1 amide bonds. The Bertz CT molecular complexity index is 1060. The molecule has 4 rings (SSSR count). The van der Waals surface area contributed by atoms with E-state index in [0.29, 0.717) is 4.88 Å². The average Bonchev–Trinajstić information content (AvgIpc) is 3.23. The molecule has 0 aliphatic carbocycles. The summed E-state index contributed by atoms with van der Waals surface area (Å²) in [6.07, 6.45) is 3.70. The summed E-state index contributed by atoms with van der Waals surface area (Å²) in [4.78, 5) is 14.5. The number of hydrogen-bond acceptors (Lipinski definition) is 4. The molecule has 3 N–H and O–H groups in total. The first-order valence-electron chi connectivity index (χ1n) is 9.26. The maximum Gasteiger partial charge on any atom is 0.261 e. The van der Waals surface area contributed by atoms with Crippen molar-refractivity contribution >= 4 is 33.2 Å². The van der Waals surface area contributed by atoms with E-state index in [1.54, 1.807) is 6.20 Å². The third-order valence-electron chi connectivity index (χ3n) is 4.97. The molecule has 0 fully saturated rings. The third-order valence-corrected chi connectivity index (χ3v) is 6.75. The number of carbonyl (C=O) groups excluding carboxylic acids is 1. The summed E-state index contributed by atoms with van der Waals surface area (Å²) in [6, 6.07) is 5.38. The Kier molecular flexibility index (Phi) is 5.80. The summed E-state index contributed by atoms with van der Waals surface area (Å²) in [6.45, 7) is 0.948. The number of thiophene rings is 1. The molecule has 9 heteroatoms. The largest absolute Gasteiger partial charge is 0.347 e. The molecule has 2 aromatic heterocycles. The number of nitrogens with one attached hydrogen (secondary N) is 1. The first-order chi connectivity index (χ1) is 14.0. The number of aryl methyl sites for hydroxylation is 2. The van der Waals surface area contributed by atoms with Gasteiger partial charge in [-0.25, -0.2) is 8.78 Å². The van der Waals surface area contributed by atoms with Crippen LogP contribution in [0.5, 0.6) is 0 Å². The first kappa shape index (κ1) is 20.2. The van der Waals surface area contributed by atoms with Gasteiger partial charge in [-0.2, -0.15) is 5.10 Å². The zero-order valence-corrected chi connectivity index (χ0v) is 17.8. The molecule has 1 aliphatic heterocycles. The molecule has 1 aromatic carbocycles.